The molecule has 0 saturated heterocycles. The van der Waals surface area contributed by atoms with Gasteiger partial charge in [0.1, 0.15) is 5.79 Å². The zero-order chi connectivity index (χ0) is 10.5. The van der Waals surface area contributed by atoms with Crippen molar-refractivity contribution in [2.45, 2.75) is 12.7 Å². The van der Waals surface area contributed by atoms with Crippen molar-refractivity contribution < 1.29 is 9.90 Å². The van der Waals surface area contributed by atoms with Crippen LogP contribution in [0.5, 0.6) is 0 Å². The van der Waals surface area contributed by atoms with E-state index < -0.39 is 11.8 Å². The number of likely N-dealkylation sites (N-methyl/N-ethyl adjacent to an activating group) is 3. The third-order valence-electron chi connectivity index (χ3n) is 1.95. The number of hydrogen-bond acceptors (Lipinski definition) is 4. The molecule has 0 rings (SSSR count). The molecule has 0 atom stereocenters. The lowest BCUT2D eigenvalue weighted by atomic mass is 10.2. The minimum absolute atomic E-state index is 0.276. The Bertz CT molecular complexity index is 201. The molecule has 0 aromatic rings. The summed E-state index contributed by atoms with van der Waals surface area (Å²) < 4.78 is 0. The summed E-state index contributed by atoms with van der Waals surface area (Å²) in [6.07, 6.45) is 1.58. The molecule has 5 nitrogen and oxygen atoms in total. The fourth-order valence-electron chi connectivity index (χ4n) is 0.978. The molecule has 0 spiro atoms. The summed E-state index contributed by atoms with van der Waals surface area (Å²) in [7, 11) is 5.20. The minimum Gasteiger partial charge on any atom is -0.478 e. The van der Waals surface area contributed by atoms with E-state index in [9.17, 15) is 4.79 Å². The molecule has 0 unspecified atom stereocenters. The first-order chi connectivity index (χ1) is 6.01. The molecule has 0 aliphatic rings. The molecule has 0 radical (unpaired) electrons. The van der Waals surface area contributed by atoms with Crippen LogP contribution in [0.25, 0.3) is 0 Å². The highest BCUT2D eigenvalue weighted by atomic mass is 16.4. The first kappa shape index (κ1) is 12.1. The van der Waals surface area contributed by atoms with Gasteiger partial charge in [0, 0.05) is 5.57 Å². The van der Waals surface area contributed by atoms with Gasteiger partial charge < -0.3 is 5.11 Å². The summed E-state index contributed by atoms with van der Waals surface area (Å²) in [4.78, 5) is 10.6. The summed E-state index contributed by atoms with van der Waals surface area (Å²) in [5.74, 6) is -1.59. The van der Waals surface area contributed by atoms with Crippen molar-refractivity contribution in [3.05, 3.63) is 11.6 Å². The number of nitrogens with one attached hydrogen (secondary N) is 3. The van der Waals surface area contributed by atoms with Crippen LogP contribution in [-0.4, -0.2) is 38.0 Å². The molecule has 0 aliphatic heterocycles. The fourth-order valence-corrected chi connectivity index (χ4v) is 0.978. The van der Waals surface area contributed by atoms with Crippen molar-refractivity contribution in [2.24, 2.45) is 0 Å². The minimum atomic E-state index is -0.926. The number of aliphatic carboxylic acids is 1. The van der Waals surface area contributed by atoms with Gasteiger partial charge in [0.2, 0.25) is 0 Å². The van der Waals surface area contributed by atoms with Gasteiger partial charge in [-0.2, -0.15) is 0 Å². The van der Waals surface area contributed by atoms with Crippen molar-refractivity contribution in [3.63, 3.8) is 0 Å². The average molecular weight is 187 g/mol. The summed E-state index contributed by atoms with van der Waals surface area (Å²) in [5.41, 5.74) is 0.276. The van der Waals surface area contributed by atoms with Crippen LogP contribution in [0.3, 0.4) is 0 Å². The number of carbonyl (C=O) groups is 1. The molecule has 4 N–H and O–H groups in total. The highest BCUT2D eigenvalue weighted by Gasteiger charge is 2.21. The van der Waals surface area contributed by atoms with E-state index in [2.05, 4.69) is 16.0 Å². The van der Waals surface area contributed by atoms with Gasteiger partial charge in [-0.1, -0.05) is 0 Å². The lowest BCUT2D eigenvalue weighted by molar-refractivity contribution is -0.132. The molecular formula is C8H17N3O2. The highest BCUT2D eigenvalue weighted by Crippen LogP contribution is 2.01. The first-order valence-corrected chi connectivity index (χ1v) is 4.01. The highest BCUT2D eigenvalue weighted by molar-refractivity contribution is 5.86. The topological polar surface area (TPSA) is 73.4 Å². The third-order valence-corrected chi connectivity index (χ3v) is 1.95. The number of hydrogen-bond donors (Lipinski definition) is 4. The van der Waals surface area contributed by atoms with E-state index >= 15 is 0 Å². The van der Waals surface area contributed by atoms with Crippen LogP contribution < -0.4 is 16.0 Å². The largest absolute Gasteiger partial charge is 0.478 e. The van der Waals surface area contributed by atoms with Crippen LogP contribution in [0.1, 0.15) is 6.92 Å². The average Bonchev–Trinajstić information content (AvgIpc) is 2.14. The second-order valence-electron chi connectivity index (χ2n) is 2.69. The number of carboxylic acids is 1. The Hall–Kier alpha value is -0.910. The molecule has 13 heavy (non-hydrogen) atoms. The normalized spacial score (nSPS) is 13.1. The van der Waals surface area contributed by atoms with E-state index in [0.717, 1.165) is 0 Å². The van der Waals surface area contributed by atoms with Crippen molar-refractivity contribution in [3.8, 4) is 0 Å². The van der Waals surface area contributed by atoms with Gasteiger partial charge in [-0.15, -0.1) is 0 Å². The quantitative estimate of drug-likeness (QED) is 0.339. The van der Waals surface area contributed by atoms with Crippen molar-refractivity contribution in [1.82, 2.24) is 16.0 Å². The number of carboxylic acid groups (broad SMARTS) is 1. The van der Waals surface area contributed by atoms with E-state index in [0.29, 0.717) is 0 Å². The second kappa shape index (κ2) is 4.96. The zero-order valence-corrected chi connectivity index (χ0v) is 8.43. The van der Waals surface area contributed by atoms with E-state index in [4.69, 9.17) is 5.11 Å². The Morgan fingerprint density at radius 1 is 1.23 bits per heavy atom. The maximum absolute atomic E-state index is 10.6. The van der Waals surface area contributed by atoms with Gasteiger partial charge in [0.05, 0.1) is 0 Å². The maximum Gasteiger partial charge on any atom is 0.331 e. The van der Waals surface area contributed by atoms with Crippen LogP contribution >= 0.6 is 0 Å². The Kier molecular flexibility index (Phi) is 4.61. The summed E-state index contributed by atoms with van der Waals surface area (Å²) in [5, 5.41) is 17.5. The van der Waals surface area contributed by atoms with Gasteiger partial charge in [-0.25, -0.2) is 4.79 Å². The SMILES string of the molecule is CNC(C=C(C)C(=O)O)(NC)NC. The van der Waals surface area contributed by atoms with Gasteiger partial charge in [0.25, 0.3) is 0 Å². The Balaban J connectivity index is 4.76. The lowest BCUT2D eigenvalue weighted by Crippen LogP contribution is -2.61. The lowest BCUT2D eigenvalue weighted by Gasteiger charge is -2.29. The molecule has 0 bridgehead atoms. The summed E-state index contributed by atoms with van der Waals surface area (Å²) in [6.45, 7) is 1.54. The Labute approximate surface area is 78.2 Å². The molecule has 0 saturated carbocycles. The predicted molar refractivity (Wildman–Crippen MR) is 51.3 cm³/mol. The van der Waals surface area contributed by atoms with E-state index in [1.807, 2.05) is 0 Å². The third kappa shape index (κ3) is 3.14. The fraction of sp³-hybridized carbons (Fsp3) is 0.625. The van der Waals surface area contributed by atoms with Gasteiger partial charge in [-0.3, -0.25) is 16.0 Å². The molecule has 0 amide bonds. The van der Waals surface area contributed by atoms with Crippen LogP contribution in [0.15, 0.2) is 11.6 Å². The Morgan fingerprint density at radius 2 is 1.62 bits per heavy atom. The van der Waals surface area contributed by atoms with Gasteiger partial charge >= 0.3 is 5.97 Å². The molecule has 76 valence electrons. The van der Waals surface area contributed by atoms with E-state index in [1.165, 1.54) is 0 Å². The molecule has 0 fully saturated rings. The first-order valence-electron chi connectivity index (χ1n) is 4.01. The molecule has 5 heteroatoms. The molecule has 0 aromatic carbocycles. The van der Waals surface area contributed by atoms with E-state index in [-0.39, 0.29) is 5.57 Å². The van der Waals surface area contributed by atoms with Crippen molar-refractivity contribution in [2.75, 3.05) is 21.1 Å². The predicted octanol–water partition coefficient (Wildman–Crippen LogP) is -0.671. The number of rotatable bonds is 5. The van der Waals surface area contributed by atoms with Crippen LogP contribution in [-0.2, 0) is 4.79 Å². The van der Waals surface area contributed by atoms with Crippen molar-refractivity contribution >= 4 is 5.97 Å². The smallest absolute Gasteiger partial charge is 0.331 e. The second-order valence-corrected chi connectivity index (χ2v) is 2.69. The van der Waals surface area contributed by atoms with Gasteiger partial charge in [0.15, 0.2) is 0 Å². The van der Waals surface area contributed by atoms with Gasteiger partial charge in [-0.05, 0) is 34.1 Å². The molecular weight excluding hydrogens is 170 g/mol. The maximum atomic E-state index is 10.6. The zero-order valence-electron chi connectivity index (χ0n) is 8.43. The van der Waals surface area contributed by atoms with Crippen molar-refractivity contribution in [1.29, 1.82) is 0 Å². The summed E-state index contributed by atoms with van der Waals surface area (Å²) >= 11 is 0. The molecule has 0 aliphatic carbocycles. The van der Waals surface area contributed by atoms with Crippen LogP contribution in [0.4, 0.5) is 0 Å². The molecule has 0 heterocycles. The molecule has 0 aromatic heterocycles. The monoisotopic (exact) mass is 187 g/mol. The van der Waals surface area contributed by atoms with Crippen LogP contribution in [0, 0.1) is 0 Å². The summed E-state index contributed by atoms with van der Waals surface area (Å²) in [6, 6.07) is 0. The Morgan fingerprint density at radius 3 is 1.85 bits per heavy atom. The standard InChI is InChI=1S/C8H17N3O2/c1-6(7(12)13)5-8(9-2,10-3)11-4/h5,9-11H,1-4H3,(H,12,13). The van der Waals surface area contributed by atoms with Crippen LogP contribution in [0.2, 0.25) is 0 Å². The van der Waals surface area contributed by atoms with E-state index in [1.54, 1.807) is 34.1 Å².